The molecule has 0 aliphatic carbocycles. The van der Waals surface area contributed by atoms with Crippen molar-refractivity contribution in [3.63, 3.8) is 0 Å². The van der Waals surface area contributed by atoms with Crippen molar-refractivity contribution >= 4 is 58.2 Å². The Bertz CT molecular complexity index is 918. The quantitative estimate of drug-likeness (QED) is 0.481. The summed E-state index contributed by atoms with van der Waals surface area (Å²) in [6.07, 6.45) is 0.532. The highest BCUT2D eigenvalue weighted by Gasteiger charge is 2.29. The van der Waals surface area contributed by atoms with Crippen LogP contribution in [0.3, 0.4) is 0 Å². The SMILES string of the molecule is CC[C@H](C(=O)NC(C)C)N(Cc1ccc(Cl)cc1Cl)C(=O)Cc1ccc(Cl)c(Cl)c1. The second kappa shape index (κ2) is 11.2. The van der Waals surface area contributed by atoms with E-state index in [4.69, 9.17) is 46.4 Å². The molecule has 2 aromatic rings. The minimum Gasteiger partial charge on any atom is -0.352 e. The molecule has 1 N–H and O–H groups in total. The van der Waals surface area contributed by atoms with Crippen LogP contribution in [0.1, 0.15) is 38.3 Å². The van der Waals surface area contributed by atoms with Crippen LogP contribution in [0.4, 0.5) is 0 Å². The summed E-state index contributed by atoms with van der Waals surface area (Å²) < 4.78 is 0. The fourth-order valence-electron chi connectivity index (χ4n) is 3.06. The summed E-state index contributed by atoms with van der Waals surface area (Å²) in [7, 11) is 0. The molecule has 0 radical (unpaired) electrons. The second-order valence-electron chi connectivity index (χ2n) is 7.27. The lowest BCUT2D eigenvalue weighted by Gasteiger charge is -2.31. The lowest BCUT2D eigenvalue weighted by Crippen LogP contribution is -2.50. The standard InChI is InChI=1S/C22H24Cl4N2O2/c1-4-20(22(30)27-13(2)3)28(12-15-6-7-16(23)11-18(15)25)21(29)10-14-5-8-17(24)19(26)9-14/h5-9,11,13,20H,4,10,12H2,1-3H3,(H,27,30)/t20-/m1/s1. The summed E-state index contributed by atoms with van der Waals surface area (Å²) >= 11 is 24.4. The normalized spacial score (nSPS) is 12.0. The molecule has 0 unspecified atom stereocenters. The molecule has 2 rings (SSSR count). The predicted octanol–water partition coefficient (Wildman–Crippen LogP) is 6.17. The van der Waals surface area contributed by atoms with Gasteiger partial charge in [0.15, 0.2) is 0 Å². The molecule has 0 heterocycles. The Morgan fingerprint density at radius 3 is 2.23 bits per heavy atom. The van der Waals surface area contributed by atoms with Crippen LogP contribution in [0.15, 0.2) is 36.4 Å². The average Bonchev–Trinajstić information content (AvgIpc) is 2.65. The molecule has 2 amide bonds. The van der Waals surface area contributed by atoms with Crippen molar-refractivity contribution in [3.8, 4) is 0 Å². The molecule has 8 heteroatoms. The van der Waals surface area contributed by atoms with E-state index in [9.17, 15) is 9.59 Å². The minimum absolute atomic E-state index is 0.0438. The van der Waals surface area contributed by atoms with Crippen LogP contribution in [-0.2, 0) is 22.6 Å². The van der Waals surface area contributed by atoms with Crippen LogP contribution in [0.5, 0.6) is 0 Å². The number of carbonyl (C=O) groups is 2. The van der Waals surface area contributed by atoms with Gasteiger partial charge >= 0.3 is 0 Å². The van der Waals surface area contributed by atoms with E-state index in [2.05, 4.69) is 5.32 Å². The van der Waals surface area contributed by atoms with Crippen molar-refractivity contribution in [2.75, 3.05) is 0 Å². The molecule has 2 aromatic carbocycles. The number of hydrogen-bond acceptors (Lipinski definition) is 2. The Morgan fingerprint density at radius 2 is 1.67 bits per heavy atom. The highest BCUT2D eigenvalue weighted by atomic mass is 35.5. The van der Waals surface area contributed by atoms with E-state index in [1.54, 1.807) is 41.3 Å². The van der Waals surface area contributed by atoms with Gasteiger partial charge in [0.1, 0.15) is 6.04 Å². The van der Waals surface area contributed by atoms with Gasteiger partial charge in [-0.05, 0) is 55.7 Å². The summed E-state index contributed by atoms with van der Waals surface area (Å²) in [6, 6.07) is 9.45. The first kappa shape index (κ1) is 24.8. The first-order valence-electron chi connectivity index (χ1n) is 9.60. The van der Waals surface area contributed by atoms with Gasteiger partial charge in [-0.15, -0.1) is 0 Å². The molecule has 0 saturated heterocycles. The molecular weight excluding hydrogens is 466 g/mol. The molecule has 0 aliphatic heterocycles. The van der Waals surface area contributed by atoms with Gasteiger partial charge < -0.3 is 10.2 Å². The molecule has 0 fully saturated rings. The lowest BCUT2D eigenvalue weighted by molar-refractivity contribution is -0.141. The number of amides is 2. The average molecular weight is 490 g/mol. The van der Waals surface area contributed by atoms with Crippen LogP contribution < -0.4 is 5.32 Å². The molecule has 0 aliphatic rings. The Labute approximate surface area is 197 Å². The molecule has 0 aromatic heterocycles. The summed E-state index contributed by atoms with van der Waals surface area (Å²) in [4.78, 5) is 27.6. The number of hydrogen-bond donors (Lipinski definition) is 1. The number of carbonyl (C=O) groups excluding carboxylic acids is 2. The van der Waals surface area contributed by atoms with Gasteiger partial charge in [-0.2, -0.15) is 0 Å². The zero-order valence-electron chi connectivity index (χ0n) is 17.0. The van der Waals surface area contributed by atoms with E-state index in [1.807, 2.05) is 20.8 Å². The monoisotopic (exact) mass is 488 g/mol. The van der Waals surface area contributed by atoms with Crippen LogP contribution in [-0.4, -0.2) is 28.8 Å². The number of nitrogens with one attached hydrogen (secondary N) is 1. The van der Waals surface area contributed by atoms with Crippen molar-refractivity contribution < 1.29 is 9.59 Å². The Morgan fingerprint density at radius 1 is 0.967 bits per heavy atom. The van der Waals surface area contributed by atoms with E-state index in [0.717, 1.165) is 0 Å². The topological polar surface area (TPSA) is 49.4 Å². The van der Waals surface area contributed by atoms with Gasteiger partial charge in [0, 0.05) is 22.6 Å². The molecule has 0 bridgehead atoms. The van der Waals surface area contributed by atoms with E-state index in [0.29, 0.717) is 37.6 Å². The molecule has 1 atom stereocenters. The first-order valence-corrected chi connectivity index (χ1v) is 11.1. The van der Waals surface area contributed by atoms with Crippen molar-refractivity contribution in [3.05, 3.63) is 67.6 Å². The number of benzene rings is 2. The Hall–Kier alpha value is -1.46. The van der Waals surface area contributed by atoms with Gasteiger partial charge in [-0.1, -0.05) is 65.5 Å². The number of halogens is 4. The van der Waals surface area contributed by atoms with Crippen molar-refractivity contribution in [2.45, 2.75) is 52.2 Å². The Kier molecular flexibility index (Phi) is 9.30. The Balaban J connectivity index is 2.35. The zero-order chi connectivity index (χ0) is 22.4. The van der Waals surface area contributed by atoms with E-state index in [1.165, 1.54) is 0 Å². The highest BCUT2D eigenvalue weighted by Crippen LogP contribution is 2.26. The molecule has 162 valence electrons. The van der Waals surface area contributed by atoms with E-state index >= 15 is 0 Å². The largest absolute Gasteiger partial charge is 0.352 e. The van der Waals surface area contributed by atoms with E-state index in [-0.39, 0.29) is 30.8 Å². The predicted molar refractivity (Wildman–Crippen MR) is 125 cm³/mol. The van der Waals surface area contributed by atoms with Gasteiger partial charge in [0.2, 0.25) is 11.8 Å². The van der Waals surface area contributed by atoms with Crippen LogP contribution >= 0.6 is 46.4 Å². The third-order valence-corrected chi connectivity index (χ3v) is 5.84. The third kappa shape index (κ3) is 6.78. The van der Waals surface area contributed by atoms with Crippen LogP contribution in [0.2, 0.25) is 20.1 Å². The fourth-order valence-corrected chi connectivity index (χ4v) is 3.85. The zero-order valence-corrected chi connectivity index (χ0v) is 20.0. The second-order valence-corrected chi connectivity index (χ2v) is 8.93. The minimum atomic E-state index is -0.644. The maximum Gasteiger partial charge on any atom is 0.243 e. The van der Waals surface area contributed by atoms with Gasteiger partial charge in [0.05, 0.1) is 16.5 Å². The summed E-state index contributed by atoms with van der Waals surface area (Å²) in [5, 5.41) is 4.63. The molecule has 0 saturated carbocycles. The maximum atomic E-state index is 13.3. The molecule has 30 heavy (non-hydrogen) atoms. The van der Waals surface area contributed by atoms with Crippen molar-refractivity contribution in [1.29, 1.82) is 0 Å². The molecule has 0 spiro atoms. The summed E-state index contributed by atoms with van der Waals surface area (Å²) in [5.41, 5.74) is 1.42. The fraction of sp³-hybridized carbons (Fsp3) is 0.364. The maximum absolute atomic E-state index is 13.3. The van der Waals surface area contributed by atoms with Crippen molar-refractivity contribution in [1.82, 2.24) is 10.2 Å². The summed E-state index contributed by atoms with van der Waals surface area (Å²) in [5.74, 6) is -0.426. The highest BCUT2D eigenvalue weighted by molar-refractivity contribution is 6.42. The van der Waals surface area contributed by atoms with E-state index < -0.39 is 6.04 Å². The lowest BCUT2D eigenvalue weighted by atomic mass is 10.1. The van der Waals surface area contributed by atoms with Gasteiger partial charge in [-0.3, -0.25) is 9.59 Å². The van der Waals surface area contributed by atoms with Crippen LogP contribution in [0, 0.1) is 0 Å². The summed E-state index contributed by atoms with van der Waals surface area (Å²) in [6.45, 7) is 5.80. The molecular formula is C22H24Cl4N2O2. The molecule has 4 nitrogen and oxygen atoms in total. The van der Waals surface area contributed by atoms with Gasteiger partial charge in [0.25, 0.3) is 0 Å². The third-order valence-electron chi connectivity index (χ3n) is 4.51. The smallest absolute Gasteiger partial charge is 0.243 e. The number of rotatable bonds is 8. The van der Waals surface area contributed by atoms with Crippen LogP contribution in [0.25, 0.3) is 0 Å². The first-order chi connectivity index (χ1) is 14.1. The van der Waals surface area contributed by atoms with Gasteiger partial charge in [-0.25, -0.2) is 0 Å². The number of nitrogens with zero attached hydrogens (tertiary/aromatic N) is 1. The van der Waals surface area contributed by atoms with Crippen molar-refractivity contribution in [2.24, 2.45) is 0 Å².